The molecule has 0 aliphatic rings. The van der Waals surface area contributed by atoms with Gasteiger partial charge in [0.05, 0.1) is 12.8 Å². The Morgan fingerprint density at radius 1 is 1.07 bits per heavy atom. The van der Waals surface area contributed by atoms with Crippen LogP contribution < -0.4 is 15.4 Å². The molecule has 28 heavy (non-hydrogen) atoms. The number of aromatic nitrogens is 2. The highest BCUT2D eigenvalue weighted by Gasteiger charge is 2.13. The number of halogens is 1. The summed E-state index contributed by atoms with van der Waals surface area (Å²) in [6.45, 7) is 4.25. The number of carbonyl (C=O) groups is 1. The Morgan fingerprint density at radius 3 is 2.54 bits per heavy atom. The molecule has 0 aliphatic carbocycles. The van der Waals surface area contributed by atoms with Gasteiger partial charge in [0, 0.05) is 17.6 Å². The van der Waals surface area contributed by atoms with Crippen LogP contribution in [0.5, 0.6) is 5.75 Å². The van der Waals surface area contributed by atoms with Gasteiger partial charge in [-0.05, 0) is 49.2 Å². The second-order valence-corrected chi connectivity index (χ2v) is 6.76. The predicted octanol–water partition coefficient (Wildman–Crippen LogP) is 4.62. The number of rotatable bonds is 6. The van der Waals surface area contributed by atoms with Gasteiger partial charge in [-0.2, -0.15) is 0 Å². The number of methoxy groups -OCH3 is 1. The Labute approximate surface area is 168 Å². The fourth-order valence-corrected chi connectivity index (χ4v) is 2.80. The van der Waals surface area contributed by atoms with Crippen LogP contribution in [0.25, 0.3) is 0 Å². The number of aryl methyl sites for hydroxylation is 2. The third kappa shape index (κ3) is 4.98. The molecule has 2 N–H and O–H groups in total. The summed E-state index contributed by atoms with van der Waals surface area (Å²) in [5.41, 5.74) is 2.94. The first-order valence-electron chi connectivity index (χ1n) is 8.74. The Bertz CT molecular complexity index is 990. The zero-order valence-electron chi connectivity index (χ0n) is 15.9. The molecule has 1 aromatic heterocycles. The van der Waals surface area contributed by atoms with Crippen LogP contribution in [-0.2, 0) is 6.54 Å². The molecule has 0 fully saturated rings. The van der Waals surface area contributed by atoms with Gasteiger partial charge in [-0.1, -0.05) is 29.8 Å². The van der Waals surface area contributed by atoms with E-state index in [9.17, 15) is 4.79 Å². The van der Waals surface area contributed by atoms with E-state index in [-0.39, 0.29) is 11.6 Å². The molecule has 0 spiro atoms. The lowest BCUT2D eigenvalue weighted by Crippen LogP contribution is -2.16. The second-order valence-electron chi connectivity index (χ2n) is 6.32. The summed E-state index contributed by atoms with van der Waals surface area (Å²) in [7, 11) is 1.56. The molecule has 7 heteroatoms. The molecule has 3 rings (SSSR count). The molecule has 144 valence electrons. The topological polar surface area (TPSA) is 76.1 Å². The quantitative estimate of drug-likeness (QED) is 0.635. The number of amides is 1. The lowest BCUT2D eigenvalue weighted by molar-refractivity contribution is 0.102. The van der Waals surface area contributed by atoms with Gasteiger partial charge in [-0.15, -0.1) is 0 Å². The highest BCUT2D eigenvalue weighted by molar-refractivity contribution is 6.30. The zero-order valence-corrected chi connectivity index (χ0v) is 16.7. The van der Waals surface area contributed by atoms with Crippen molar-refractivity contribution in [1.29, 1.82) is 0 Å². The SMILES string of the molecule is COc1ccc(C)cc1NC(=O)c1cc(NCc2ccc(Cl)cc2)nc(C)n1. The van der Waals surface area contributed by atoms with Gasteiger partial charge < -0.3 is 15.4 Å². The first kappa shape index (κ1) is 19.6. The van der Waals surface area contributed by atoms with Crippen LogP contribution in [0, 0.1) is 13.8 Å². The Balaban J connectivity index is 1.76. The molecule has 0 atom stereocenters. The van der Waals surface area contributed by atoms with E-state index in [2.05, 4.69) is 20.6 Å². The van der Waals surface area contributed by atoms with Crippen molar-refractivity contribution in [3.05, 3.63) is 76.2 Å². The molecule has 2 aromatic carbocycles. The lowest BCUT2D eigenvalue weighted by atomic mass is 10.2. The van der Waals surface area contributed by atoms with Crippen LogP contribution in [0.3, 0.4) is 0 Å². The van der Waals surface area contributed by atoms with Gasteiger partial charge in [-0.3, -0.25) is 4.79 Å². The number of nitrogens with zero attached hydrogens (tertiary/aromatic N) is 2. The summed E-state index contributed by atoms with van der Waals surface area (Å²) in [5.74, 6) is 1.33. The number of nitrogens with one attached hydrogen (secondary N) is 2. The lowest BCUT2D eigenvalue weighted by Gasteiger charge is -2.12. The first-order valence-corrected chi connectivity index (χ1v) is 9.12. The minimum Gasteiger partial charge on any atom is -0.495 e. The maximum Gasteiger partial charge on any atom is 0.274 e. The fourth-order valence-electron chi connectivity index (χ4n) is 2.68. The molecule has 0 unspecified atom stereocenters. The van der Waals surface area contributed by atoms with Crippen molar-refractivity contribution in [3.63, 3.8) is 0 Å². The Hall–Kier alpha value is -3.12. The average molecular weight is 397 g/mol. The molecule has 6 nitrogen and oxygen atoms in total. The molecule has 0 bridgehead atoms. The summed E-state index contributed by atoms with van der Waals surface area (Å²) < 4.78 is 5.31. The van der Waals surface area contributed by atoms with E-state index in [0.717, 1.165) is 11.1 Å². The number of ether oxygens (including phenoxy) is 1. The van der Waals surface area contributed by atoms with Gasteiger partial charge in [-0.25, -0.2) is 9.97 Å². The molecule has 0 aliphatic heterocycles. The van der Waals surface area contributed by atoms with Crippen LogP contribution in [0.1, 0.15) is 27.4 Å². The first-order chi connectivity index (χ1) is 13.4. The minimum absolute atomic E-state index is 0.273. The van der Waals surface area contributed by atoms with Crippen molar-refractivity contribution in [2.45, 2.75) is 20.4 Å². The van der Waals surface area contributed by atoms with Crippen molar-refractivity contribution in [1.82, 2.24) is 9.97 Å². The van der Waals surface area contributed by atoms with Gasteiger partial charge >= 0.3 is 0 Å². The van der Waals surface area contributed by atoms with E-state index in [0.29, 0.717) is 34.6 Å². The summed E-state index contributed by atoms with van der Waals surface area (Å²) in [6, 6.07) is 14.7. The third-order valence-electron chi connectivity index (χ3n) is 4.06. The van der Waals surface area contributed by atoms with Gasteiger partial charge in [0.25, 0.3) is 5.91 Å². The minimum atomic E-state index is -0.330. The van der Waals surface area contributed by atoms with Crippen LogP contribution in [0.2, 0.25) is 5.02 Å². The summed E-state index contributed by atoms with van der Waals surface area (Å²) in [6.07, 6.45) is 0. The van der Waals surface area contributed by atoms with E-state index in [1.165, 1.54) is 0 Å². The number of benzene rings is 2. The van der Waals surface area contributed by atoms with Crippen LogP contribution in [-0.4, -0.2) is 23.0 Å². The van der Waals surface area contributed by atoms with E-state index in [4.69, 9.17) is 16.3 Å². The largest absolute Gasteiger partial charge is 0.495 e. The molecular weight excluding hydrogens is 376 g/mol. The van der Waals surface area contributed by atoms with Gasteiger partial charge in [0.1, 0.15) is 23.1 Å². The van der Waals surface area contributed by atoms with Crippen LogP contribution >= 0.6 is 11.6 Å². The molecule has 0 saturated carbocycles. The van der Waals surface area contributed by atoms with Crippen molar-refractivity contribution in [2.24, 2.45) is 0 Å². The van der Waals surface area contributed by atoms with Gasteiger partial charge in [0.15, 0.2) is 0 Å². The highest BCUT2D eigenvalue weighted by Crippen LogP contribution is 2.25. The normalized spacial score (nSPS) is 10.4. The van der Waals surface area contributed by atoms with E-state index in [1.54, 1.807) is 20.1 Å². The Kier molecular flexibility index (Phi) is 6.11. The van der Waals surface area contributed by atoms with Crippen molar-refractivity contribution in [3.8, 4) is 5.75 Å². The average Bonchev–Trinajstić information content (AvgIpc) is 2.67. The standard InChI is InChI=1S/C21H21ClN4O2/c1-13-4-9-19(28-3)17(10-13)26-21(27)18-11-20(25-14(2)24-18)23-12-15-5-7-16(22)8-6-15/h4-11H,12H2,1-3H3,(H,26,27)(H,23,24,25). The molecule has 1 amide bonds. The number of anilines is 2. The van der Waals surface area contributed by atoms with Crippen molar-refractivity contribution < 1.29 is 9.53 Å². The van der Waals surface area contributed by atoms with Crippen LogP contribution in [0.4, 0.5) is 11.5 Å². The molecule has 0 saturated heterocycles. The van der Waals surface area contributed by atoms with E-state index >= 15 is 0 Å². The second kappa shape index (κ2) is 8.71. The smallest absolute Gasteiger partial charge is 0.274 e. The maximum atomic E-state index is 12.7. The monoisotopic (exact) mass is 396 g/mol. The van der Waals surface area contributed by atoms with Crippen molar-refractivity contribution in [2.75, 3.05) is 17.7 Å². The summed E-state index contributed by atoms with van der Waals surface area (Å²) >= 11 is 5.91. The third-order valence-corrected chi connectivity index (χ3v) is 4.31. The zero-order chi connectivity index (χ0) is 20.1. The molecular formula is C21H21ClN4O2. The molecule has 1 heterocycles. The molecule has 3 aromatic rings. The fraction of sp³-hybridized carbons (Fsp3) is 0.190. The highest BCUT2D eigenvalue weighted by atomic mass is 35.5. The van der Waals surface area contributed by atoms with Gasteiger partial charge in [0.2, 0.25) is 0 Å². The van der Waals surface area contributed by atoms with E-state index < -0.39 is 0 Å². The predicted molar refractivity (Wildman–Crippen MR) is 111 cm³/mol. The maximum absolute atomic E-state index is 12.7. The van der Waals surface area contributed by atoms with Crippen molar-refractivity contribution >= 4 is 29.0 Å². The number of carbonyl (C=O) groups excluding carboxylic acids is 1. The Morgan fingerprint density at radius 2 is 1.82 bits per heavy atom. The summed E-state index contributed by atoms with van der Waals surface area (Å²) in [5, 5.41) is 6.76. The molecule has 0 radical (unpaired) electrons. The van der Waals surface area contributed by atoms with E-state index in [1.807, 2.05) is 49.4 Å². The summed E-state index contributed by atoms with van der Waals surface area (Å²) in [4.78, 5) is 21.3. The number of hydrogen-bond donors (Lipinski definition) is 2. The number of hydrogen-bond acceptors (Lipinski definition) is 5. The van der Waals surface area contributed by atoms with Crippen LogP contribution in [0.15, 0.2) is 48.5 Å².